The minimum Gasteiger partial charge on any atom is -0.318 e. The first kappa shape index (κ1) is 16.2. The molecule has 1 heterocycles. The summed E-state index contributed by atoms with van der Waals surface area (Å²) in [6, 6.07) is 5.45. The maximum atomic E-state index is 13.0. The van der Waals surface area contributed by atoms with E-state index >= 15 is 0 Å². The highest BCUT2D eigenvalue weighted by molar-refractivity contribution is 7.90. The van der Waals surface area contributed by atoms with Gasteiger partial charge in [-0.2, -0.15) is 12.7 Å². The van der Waals surface area contributed by atoms with Crippen LogP contribution < -0.4 is 9.62 Å². The Hall–Kier alpha value is -1.18. The fraction of sp³-hybridized carbons (Fsp3) is 0.571. The average Bonchev–Trinajstić information content (AvgIpc) is 2.48. The van der Waals surface area contributed by atoms with Gasteiger partial charge in [-0.1, -0.05) is 6.42 Å². The van der Waals surface area contributed by atoms with E-state index in [1.165, 1.54) is 35.6 Å². The highest BCUT2D eigenvalue weighted by Gasteiger charge is 2.34. The molecule has 1 saturated heterocycles. The summed E-state index contributed by atoms with van der Waals surface area (Å²) in [6.45, 7) is 1.16. The average molecular weight is 315 g/mol. The lowest BCUT2D eigenvalue weighted by Crippen LogP contribution is -2.52. The molecule has 0 radical (unpaired) electrons. The molecule has 0 spiro atoms. The standard InChI is InChI=1S/C14H22FN3O2S/c1-16-11-14-5-3-4-10-18(14)21(19,20)17(2)13-8-6-12(15)7-9-13/h6-9,14,16H,3-5,10-11H2,1-2H3. The van der Waals surface area contributed by atoms with Crippen LogP contribution in [0.3, 0.4) is 0 Å². The van der Waals surface area contributed by atoms with Crippen LogP contribution in [-0.4, -0.2) is 45.9 Å². The molecule has 1 aromatic carbocycles. The first-order chi connectivity index (χ1) is 9.96. The molecule has 0 bridgehead atoms. The van der Waals surface area contributed by atoms with Crippen molar-refractivity contribution in [3.05, 3.63) is 30.1 Å². The van der Waals surface area contributed by atoms with E-state index in [2.05, 4.69) is 5.32 Å². The zero-order chi connectivity index (χ0) is 15.5. The van der Waals surface area contributed by atoms with E-state index < -0.39 is 10.2 Å². The molecule has 1 aliphatic heterocycles. The van der Waals surface area contributed by atoms with Gasteiger partial charge in [0.15, 0.2) is 0 Å². The molecule has 1 aliphatic rings. The van der Waals surface area contributed by atoms with Crippen LogP contribution in [0.2, 0.25) is 0 Å². The monoisotopic (exact) mass is 315 g/mol. The van der Waals surface area contributed by atoms with E-state index in [1.807, 2.05) is 7.05 Å². The molecule has 1 atom stereocenters. The number of halogens is 1. The van der Waals surface area contributed by atoms with Gasteiger partial charge in [-0.05, 0) is 44.2 Å². The Bertz CT molecular complexity index is 560. The quantitative estimate of drug-likeness (QED) is 0.897. The second-order valence-electron chi connectivity index (χ2n) is 5.27. The van der Waals surface area contributed by atoms with Crippen LogP contribution >= 0.6 is 0 Å². The lowest BCUT2D eigenvalue weighted by Gasteiger charge is -2.37. The van der Waals surface area contributed by atoms with Gasteiger partial charge >= 0.3 is 10.2 Å². The topological polar surface area (TPSA) is 52.7 Å². The van der Waals surface area contributed by atoms with Crippen molar-refractivity contribution in [1.29, 1.82) is 0 Å². The van der Waals surface area contributed by atoms with Crippen LogP contribution in [0.15, 0.2) is 24.3 Å². The van der Waals surface area contributed by atoms with Crippen molar-refractivity contribution in [3.63, 3.8) is 0 Å². The van der Waals surface area contributed by atoms with Gasteiger partial charge in [0, 0.05) is 26.2 Å². The summed E-state index contributed by atoms with van der Waals surface area (Å²) >= 11 is 0. The molecule has 118 valence electrons. The molecule has 1 unspecified atom stereocenters. The highest BCUT2D eigenvalue weighted by atomic mass is 32.2. The summed E-state index contributed by atoms with van der Waals surface area (Å²) in [7, 11) is -0.265. The maximum absolute atomic E-state index is 13.0. The molecule has 0 amide bonds. The van der Waals surface area contributed by atoms with E-state index in [9.17, 15) is 12.8 Å². The Labute approximate surface area is 125 Å². The third-order valence-electron chi connectivity index (χ3n) is 3.85. The number of hydrogen-bond donors (Lipinski definition) is 1. The molecule has 5 nitrogen and oxygen atoms in total. The van der Waals surface area contributed by atoms with E-state index in [-0.39, 0.29) is 11.9 Å². The van der Waals surface area contributed by atoms with Gasteiger partial charge in [-0.25, -0.2) is 4.39 Å². The number of rotatable bonds is 5. The third kappa shape index (κ3) is 3.53. The van der Waals surface area contributed by atoms with Crippen LogP contribution in [0.1, 0.15) is 19.3 Å². The third-order valence-corrected chi connectivity index (χ3v) is 5.82. The van der Waals surface area contributed by atoms with Gasteiger partial charge < -0.3 is 5.32 Å². The summed E-state index contributed by atoms with van der Waals surface area (Å²) in [5, 5.41) is 3.05. The van der Waals surface area contributed by atoms with Gasteiger partial charge in [0.2, 0.25) is 0 Å². The van der Waals surface area contributed by atoms with E-state index in [1.54, 1.807) is 4.31 Å². The number of hydrogen-bond acceptors (Lipinski definition) is 3. The Morgan fingerprint density at radius 1 is 1.33 bits per heavy atom. The van der Waals surface area contributed by atoms with Gasteiger partial charge in [-0.15, -0.1) is 0 Å². The predicted molar refractivity (Wildman–Crippen MR) is 82.0 cm³/mol. The summed E-state index contributed by atoms with van der Waals surface area (Å²) < 4.78 is 41.3. The van der Waals surface area contributed by atoms with Crippen molar-refractivity contribution in [2.24, 2.45) is 0 Å². The Kier molecular flexibility index (Phi) is 5.18. The molecule has 2 rings (SSSR count). The SMILES string of the molecule is CNCC1CCCCN1S(=O)(=O)N(C)c1ccc(F)cc1. The van der Waals surface area contributed by atoms with Crippen molar-refractivity contribution in [2.45, 2.75) is 25.3 Å². The number of likely N-dealkylation sites (N-methyl/N-ethyl adjacent to an activating group) is 1. The maximum Gasteiger partial charge on any atom is 0.304 e. The van der Waals surface area contributed by atoms with Crippen LogP contribution in [0.25, 0.3) is 0 Å². The van der Waals surface area contributed by atoms with Crippen molar-refractivity contribution < 1.29 is 12.8 Å². The van der Waals surface area contributed by atoms with E-state index in [0.29, 0.717) is 18.8 Å². The largest absolute Gasteiger partial charge is 0.318 e. The lowest BCUT2D eigenvalue weighted by atomic mass is 10.1. The highest BCUT2D eigenvalue weighted by Crippen LogP contribution is 2.25. The molecule has 0 saturated carbocycles. The normalized spacial score (nSPS) is 20.4. The van der Waals surface area contributed by atoms with Crippen molar-refractivity contribution >= 4 is 15.9 Å². The fourth-order valence-corrected chi connectivity index (χ4v) is 4.28. The van der Waals surface area contributed by atoms with Gasteiger partial charge in [0.1, 0.15) is 5.82 Å². The first-order valence-corrected chi connectivity index (χ1v) is 8.52. The minimum absolute atomic E-state index is 0.0309. The molecule has 0 aliphatic carbocycles. The van der Waals surface area contributed by atoms with Gasteiger partial charge in [0.05, 0.1) is 5.69 Å². The number of piperidine rings is 1. The Balaban J connectivity index is 2.24. The Morgan fingerprint density at radius 3 is 2.62 bits per heavy atom. The second-order valence-corrected chi connectivity index (χ2v) is 7.18. The molecule has 21 heavy (non-hydrogen) atoms. The van der Waals surface area contributed by atoms with Crippen molar-refractivity contribution in [1.82, 2.24) is 9.62 Å². The molecular weight excluding hydrogens is 293 g/mol. The van der Waals surface area contributed by atoms with Crippen molar-refractivity contribution in [3.8, 4) is 0 Å². The predicted octanol–water partition coefficient (Wildman–Crippen LogP) is 1.58. The molecule has 1 aromatic rings. The van der Waals surface area contributed by atoms with E-state index in [4.69, 9.17) is 0 Å². The summed E-state index contributed by atoms with van der Waals surface area (Å²) in [6.07, 6.45) is 2.77. The zero-order valence-corrected chi connectivity index (χ0v) is 13.2. The number of benzene rings is 1. The summed E-state index contributed by atoms with van der Waals surface area (Å²) in [5.74, 6) is -0.379. The molecule has 7 heteroatoms. The van der Waals surface area contributed by atoms with Crippen LogP contribution in [-0.2, 0) is 10.2 Å². The molecule has 1 N–H and O–H groups in total. The van der Waals surface area contributed by atoms with Crippen molar-refractivity contribution in [2.75, 3.05) is 31.5 Å². The molecular formula is C14H22FN3O2S. The fourth-order valence-electron chi connectivity index (χ4n) is 2.66. The van der Waals surface area contributed by atoms with Crippen LogP contribution in [0.4, 0.5) is 10.1 Å². The van der Waals surface area contributed by atoms with Crippen LogP contribution in [0.5, 0.6) is 0 Å². The minimum atomic E-state index is -3.60. The molecule has 1 fully saturated rings. The van der Waals surface area contributed by atoms with Gasteiger partial charge in [0.25, 0.3) is 0 Å². The zero-order valence-electron chi connectivity index (χ0n) is 12.4. The number of nitrogens with one attached hydrogen (secondary N) is 1. The Morgan fingerprint density at radius 2 is 2.00 bits per heavy atom. The molecule has 0 aromatic heterocycles. The summed E-state index contributed by atoms with van der Waals surface area (Å²) in [4.78, 5) is 0. The van der Waals surface area contributed by atoms with Crippen LogP contribution in [0, 0.1) is 5.82 Å². The second kappa shape index (κ2) is 6.72. The van der Waals surface area contributed by atoms with E-state index in [0.717, 1.165) is 19.3 Å². The number of nitrogens with zero attached hydrogens (tertiary/aromatic N) is 2. The number of anilines is 1. The summed E-state index contributed by atoms with van der Waals surface area (Å²) in [5.41, 5.74) is 0.463. The smallest absolute Gasteiger partial charge is 0.304 e. The lowest BCUT2D eigenvalue weighted by molar-refractivity contribution is 0.248. The van der Waals surface area contributed by atoms with Gasteiger partial charge in [-0.3, -0.25) is 4.31 Å². The first-order valence-electron chi connectivity index (χ1n) is 7.12.